The molecule has 15 heavy (non-hydrogen) atoms. The number of hydrogen-bond donors (Lipinski definition) is 1. The van der Waals surface area contributed by atoms with E-state index in [1.807, 2.05) is 36.8 Å². The first kappa shape index (κ1) is 10.5. The Labute approximate surface area is 97.9 Å². The summed E-state index contributed by atoms with van der Waals surface area (Å²) in [7, 11) is 0. The van der Waals surface area contributed by atoms with E-state index >= 15 is 0 Å². The standard InChI is InChI=1S/C11H11ClN2S/c1-8-2-3-11(10(12)4-8)14-6-9-5-13-7-15-9/h2-5,7,14H,6H2,1H3. The van der Waals surface area contributed by atoms with Crippen molar-refractivity contribution in [3.8, 4) is 0 Å². The van der Waals surface area contributed by atoms with Crippen LogP contribution in [0, 0.1) is 6.92 Å². The second kappa shape index (κ2) is 4.64. The summed E-state index contributed by atoms with van der Waals surface area (Å²) in [4.78, 5) is 5.22. The van der Waals surface area contributed by atoms with Crippen LogP contribution in [0.4, 0.5) is 5.69 Å². The highest BCUT2D eigenvalue weighted by molar-refractivity contribution is 7.09. The summed E-state index contributed by atoms with van der Waals surface area (Å²) in [6.07, 6.45) is 1.86. The minimum atomic E-state index is 0.763. The maximum absolute atomic E-state index is 6.09. The van der Waals surface area contributed by atoms with Crippen molar-refractivity contribution in [3.05, 3.63) is 45.4 Å². The summed E-state index contributed by atoms with van der Waals surface area (Å²) < 4.78 is 0. The van der Waals surface area contributed by atoms with E-state index in [4.69, 9.17) is 11.6 Å². The quantitative estimate of drug-likeness (QED) is 0.882. The fourth-order valence-corrected chi connectivity index (χ4v) is 2.11. The fraction of sp³-hybridized carbons (Fsp3) is 0.182. The van der Waals surface area contributed by atoms with Gasteiger partial charge in [0.2, 0.25) is 0 Å². The predicted molar refractivity (Wildman–Crippen MR) is 65.6 cm³/mol. The van der Waals surface area contributed by atoms with Crippen molar-refractivity contribution in [2.75, 3.05) is 5.32 Å². The Kier molecular flexibility index (Phi) is 3.23. The molecule has 0 radical (unpaired) electrons. The Hall–Kier alpha value is -1.06. The normalized spacial score (nSPS) is 10.3. The van der Waals surface area contributed by atoms with Gasteiger partial charge in [0.1, 0.15) is 0 Å². The van der Waals surface area contributed by atoms with Gasteiger partial charge in [0, 0.05) is 11.1 Å². The zero-order valence-corrected chi connectivity index (χ0v) is 9.90. The van der Waals surface area contributed by atoms with Crippen molar-refractivity contribution < 1.29 is 0 Å². The van der Waals surface area contributed by atoms with E-state index in [0.717, 1.165) is 17.3 Å². The summed E-state index contributed by atoms with van der Waals surface area (Å²) in [5.41, 5.74) is 3.97. The number of thiazole rings is 1. The first-order chi connectivity index (χ1) is 7.25. The molecule has 0 unspecified atom stereocenters. The Morgan fingerprint density at radius 1 is 1.47 bits per heavy atom. The molecule has 78 valence electrons. The van der Waals surface area contributed by atoms with E-state index in [1.54, 1.807) is 11.3 Å². The Balaban J connectivity index is 2.05. The zero-order valence-electron chi connectivity index (χ0n) is 8.33. The molecular formula is C11H11ClN2S. The van der Waals surface area contributed by atoms with Gasteiger partial charge in [0.15, 0.2) is 0 Å². The molecule has 0 saturated heterocycles. The lowest BCUT2D eigenvalue weighted by Crippen LogP contribution is -1.98. The number of nitrogens with zero attached hydrogens (tertiary/aromatic N) is 1. The van der Waals surface area contributed by atoms with Gasteiger partial charge in [0.05, 0.1) is 22.8 Å². The van der Waals surface area contributed by atoms with Gasteiger partial charge in [-0.15, -0.1) is 11.3 Å². The van der Waals surface area contributed by atoms with E-state index in [1.165, 1.54) is 10.4 Å². The van der Waals surface area contributed by atoms with Crippen LogP contribution in [0.1, 0.15) is 10.4 Å². The maximum atomic E-state index is 6.09. The zero-order chi connectivity index (χ0) is 10.7. The molecule has 0 bridgehead atoms. The molecule has 0 atom stereocenters. The van der Waals surface area contributed by atoms with Crippen molar-refractivity contribution in [2.45, 2.75) is 13.5 Å². The van der Waals surface area contributed by atoms with Crippen molar-refractivity contribution in [1.29, 1.82) is 0 Å². The summed E-state index contributed by atoms with van der Waals surface area (Å²) in [6, 6.07) is 6.00. The summed E-state index contributed by atoms with van der Waals surface area (Å²) in [5, 5.41) is 4.04. The molecule has 0 aliphatic rings. The first-order valence-corrected chi connectivity index (χ1v) is 5.89. The summed E-state index contributed by atoms with van der Waals surface area (Å²) >= 11 is 7.73. The molecular weight excluding hydrogens is 228 g/mol. The van der Waals surface area contributed by atoms with Gasteiger partial charge in [-0.2, -0.15) is 0 Å². The summed E-state index contributed by atoms with van der Waals surface area (Å²) in [5.74, 6) is 0. The molecule has 4 heteroatoms. The highest BCUT2D eigenvalue weighted by Crippen LogP contribution is 2.23. The smallest absolute Gasteiger partial charge is 0.0794 e. The molecule has 1 aromatic carbocycles. The molecule has 0 spiro atoms. The molecule has 2 nitrogen and oxygen atoms in total. The van der Waals surface area contributed by atoms with E-state index in [0.29, 0.717) is 0 Å². The first-order valence-electron chi connectivity index (χ1n) is 4.63. The van der Waals surface area contributed by atoms with Gasteiger partial charge in [-0.25, -0.2) is 0 Å². The molecule has 1 aromatic heterocycles. The van der Waals surface area contributed by atoms with Gasteiger partial charge in [-0.1, -0.05) is 17.7 Å². The van der Waals surface area contributed by atoms with Crippen LogP contribution in [-0.4, -0.2) is 4.98 Å². The average Bonchev–Trinajstić information content (AvgIpc) is 2.69. The SMILES string of the molecule is Cc1ccc(NCc2cncs2)c(Cl)c1. The third-order valence-electron chi connectivity index (χ3n) is 2.06. The number of hydrogen-bond acceptors (Lipinski definition) is 3. The number of aromatic nitrogens is 1. The van der Waals surface area contributed by atoms with Gasteiger partial charge in [0.25, 0.3) is 0 Å². The summed E-state index contributed by atoms with van der Waals surface area (Å²) in [6.45, 7) is 2.80. The number of nitrogens with one attached hydrogen (secondary N) is 1. The number of rotatable bonds is 3. The molecule has 0 fully saturated rings. The fourth-order valence-electron chi connectivity index (χ4n) is 1.28. The molecule has 2 rings (SSSR count). The highest BCUT2D eigenvalue weighted by Gasteiger charge is 2.00. The third kappa shape index (κ3) is 2.70. The van der Waals surface area contributed by atoms with E-state index in [2.05, 4.69) is 10.3 Å². The Bertz CT molecular complexity index is 440. The lowest BCUT2D eigenvalue weighted by Gasteiger charge is -2.07. The van der Waals surface area contributed by atoms with Crippen molar-refractivity contribution >= 4 is 28.6 Å². The lowest BCUT2D eigenvalue weighted by atomic mass is 10.2. The van der Waals surface area contributed by atoms with Crippen LogP contribution in [0.5, 0.6) is 0 Å². The topological polar surface area (TPSA) is 24.9 Å². The van der Waals surface area contributed by atoms with Crippen LogP contribution in [0.3, 0.4) is 0 Å². The molecule has 0 amide bonds. The van der Waals surface area contributed by atoms with Crippen LogP contribution in [-0.2, 0) is 6.54 Å². The third-order valence-corrected chi connectivity index (χ3v) is 3.15. The highest BCUT2D eigenvalue weighted by atomic mass is 35.5. The van der Waals surface area contributed by atoms with Crippen LogP contribution in [0.25, 0.3) is 0 Å². The van der Waals surface area contributed by atoms with Gasteiger partial charge < -0.3 is 5.32 Å². The van der Waals surface area contributed by atoms with Crippen LogP contribution in [0.15, 0.2) is 29.9 Å². The maximum Gasteiger partial charge on any atom is 0.0794 e. The van der Waals surface area contributed by atoms with E-state index in [-0.39, 0.29) is 0 Å². The number of halogens is 1. The monoisotopic (exact) mass is 238 g/mol. The molecule has 2 aromatic rings. The van der Waals surface area contributed by atoms with Crippen LogP contribution in [0.2, 0.25) is 5.02 Å². The van der Waals surface area contributed by atoms with Crippen LogP contribution >= 0.6 is 22.9 Å². The minimum absolute atomic E-state index is 0.763. The number of aryl methyl sites for hydroxylation is 1. The largest absolute Gasteiger partial charge is 0.379 e. The Morgan fingerprint density at radius 3 is 3.00 bits per heavy atom. The number of anilines is 1. The van der Waals surface area contributed by atoms with Crippen molar-refractivity contribution in [3.63, 3.8) is 0 Å². The minimum Gasteiger partial charge on any atom is -0.379 e. The van der Waals surface area contributed by atoms with Crippen LogP contribution < -0.4 is 5.32 Å². The predicted octanol–water partition coefficient (Wildman–Crippen LogP) is 3.72. The van der Waals surface area contributed by atoms with E-state index < -0.39 is 0 Å². The average molecular weight is 239 g/mol. The van der Waals surface area contributed by atoms with E-state index in [9.17, 15) is 0 Å². The molecule has 0 aliphatic heterocycles. The molecule has 1 heterocycles. The second-order valence-electron chi connectivity index (χ2n) is 3.30. The second-order valence-corrected chi connectivity index (χ2v) is 4.68. The van der Waals surface area contributed by atoms with Crippen molar-refractivity contribution in [1.82, 2.24) is 4.98 Å². The molecule has 1 N–H and O–H groups in total. The van der Waals surface area contributed by atoms with Gasteiger partial charge in [-0.05, 0) is 24.6 Å². The molecule has 0 aliphatic carbocycles. The van der Waals surface area contributed by atoms with Gasteiger partial charge >= 0.3 is 0 Å². The number of benzene rings is 1. The Morgan fingerprint density at radius 2 is 2.33 bits per heavy atom. The van der Waals surface area contributed by atoms with Gasteiger partial charge in [-0.3, -0.25) is 4.98 Å². The van der Waals surface area contributed by atoms with Crippen molar-refractivity contribution in [2.24, 2.45) is 0 Å². The lowest BCUT2D eigenvalue weighted by molar-refractivity contribution is 1.17. The molecule has 0 saturated carbocycles.